The molecular weight excluding hydrogens is 310 g/mol. The Morgan fingerprint density at radius 2 is 2.05 bits per heavy atom. The lowest BCUT2D eigenvalue weighted by atomic mass is 10.3. The van der Waals surface area contributed by atoms with Crippen LogP contribution in [0.15, 0.2) is 16.3 Å². The van der Waals surface area contributed by atoms with Gasteiger partial charge in [-0.25, -0.2) is 8.42 Å². The van der Waals surface area contributed by atoms with Gasteiger partial charge in [-0.15, -0.1) is 11.3 Å². The van der Waals surface area contributed by atoms with E-state index in [0.29, 0.717) is 0 Å². The van der Waals surface area contributed by atoms with E-state index in [0.717, 1.165) is 16.2 Å². The van der Waals surface area contributed by atoms with E-state index in [1.54, 1.807) is 13.0 Å². The van der Waals surface area contributed by atoms with Crippen molar-refractivity contribution in [2.75, 3.05) is 6.61 Å². The Hall–Kier alpha value is -0.630. The summed E-state index contributed by atoms with van der Waals surface area (Å²) in [5.74, 6) is -0.245. The minimum atomic E-state index is -3.71. The molecule has 1 aromatic heterocycles. The van der Waals surface area contributed by atoms with Gasteiger partial charge < -0.3 is 10.1 Å². The Labute approximate surface area is 121 Å². The van der Waals surface area contributed by atoms with Crippen molar-refractivity contribution in [3.8, 4) is 0 Å². The monoisotopic (exact) mass is 325 g/mol. The van der Waals surface area contributed by atoms with E-state index in [2.05, 4.69) is 5.32 Å². The molecule has 0 aliphatic rings. The van der Waals surface area contributed by atoms with Crippen molar-refractivity contribution in [1.82, 2.24) is 5.32 Å². The lowest BCUT2D eigenvalue weighted by Crippen LogP contribution is -2.30. The first-order valence-corrected chi connectivity index (χ1v) is 8.78. The van der Waals surface area contributed by atoms with Crippen LogP contribution in [0, 0.1) is 0 Å². The maximum atomic E-state index is 11.6. The van der Waals surface area contributed by atoms with Crippen LogP contribution in [0.4, 0.5) is 0 Å². The Balaban J connectivity index is 2.61. The zero-order valence-corrected chi connectivity index (χ0v) is 13.2. The Bertz CT molecular complexity index is 539. The fourth-order valence-electron chi connectivity index (χ4n) is 1.29. The van der Waals surface area contributed by atoms with Crippen molar-refractivity contribution in [2.45, 2.75) is 37.1 Å². The standard InChI is InChI=1S/C11H16ClNO4S2/c1-7(2)17-6-10(14)13-8(3)9-4-5-11(18-9)19(12,15)16/h4-5,7-8H,6H2,1-3H3,(H,13,14). The zero-order valence-electron chi connectivity index (χ0n) is 10.8. The summed E-state index contributed by atoms with van der Waals surface area (Å²) in [5.41, 5.74) is 0. The van der Waals surface area contributed by atoms with Crippen LogP contribution in [0.5, 0.6) is 0 Å². The molecule has 0 spiro atoms. The molecule has 0 saturated heterocycles. The van der Waals surface area contributed by atoms with Crippen molar-refractivity contribution in [1.29, 1.82) is 0 Å². The Morgan fingerprint density at radius 1 is 1.42 bits per heavy atom. The van der Waals surface area contributed by atoms with E-state index < -0.39 is 9.05 Å². The number of amides is 1. The summed E-state index contributed by atoms with van der Waals surface area (Å²) < 4.78 is 27.5. The summed E-state index contributed by atoms with van der Waals surface area (Å²) >= 11 is 1.04. The highest BCUT2D eigenvalue weighted by Gasteiger charge is 2.17. The second kappa shape index (κ2) is 6.69. The molecule has 1 rings (SSSR count). The fraction of sp³-hybridized carbons (Fsp3) is 0.545. The Kier molecular flexibility index (Phi) is 5.79. The van der Waals surface area contributed by atoms with Crippen LogP contribution >= 0.6 is 22.0 Å². The van der Waals surface area contributed by atoms with Gasteiger partial charge in [0.05, 0.1) is 12.1 Å². The lowest BCUT2D eigenvalue weighted by molar-refractivity contribution is -0.127. The third kappa shape index (κ3) is 5.48. The first-order valence-electron chi connectivity index (χ1n) is 5.65. The van der Waals surface area contributed by atoms with Crippen molar-refractivity contribution < 1.29 is 17.9 Å². The molecule has 1 unspecified atom stereocenters. The predicted molar refractivity (Wildman–Crippen MR) is 75.0 cm³/mol. The number of halogens is 1. The van der Waals surface area contributed by atoms with Crippen LogP contribution < -0.4 is 5.32 Å². The van der Waals surface area contributed by atoms with Crippen LogP contribution in [-0.2, 0) is 18.6 Å². The molecule has 0 fully saturated rings. The van der Waals surface area contributed by atoms with Crippen molar-refractivity contribution >= 4 is 37.0 Å². The van der Waals surface area contributed by atoms with Gasteiger partial charge in [0.25, 0.3) is 9.05 Å². The number of ether oxygens (including phenoxy) is 1. The van der Waals surface area contributed by atoms with Gasteiger partial charge >= 0.3 is 0 Å². The molecule has 0 saturated carbocycles. The molecule has 0 aliphatic heterocycles. The minimum absolute atomic E-state index is 0.0178. The third-order valence-electron chi connectivity index (χ3n) is 2.19. The second-order valence-electron chi connectivity index (χ2n) is 4.24. The summed E-state index contributed by atoms with van der Waals surface area (Å²) in [4.78, 5) is 12.3. The first-order chi connectivity index (χ1) is 8.70. The smallest absolute Gasteiger partial charge is 0.270 e. The predicted octanol–water partition coefficient (Wildman–Crippen LogP) is 2.28. The number of hydrogen-bond acceptors (Lipinski definition) is 5. The van der Waals surface area contributed by atoms with Crippen LogP contribution in [0.1, 0.15) is 31.7 Å². The van der Waals surface area contributed by atoms with Gasteiger partial charge in [0.2, 0.25) is 5.91 Å². The molecule has 0 aliphatic carbocycles. The average molecular weight is 326 g/mol. The van der Waals surface area contributed by atoms with Gasteiger partial charge in [-0.2, -0.15) is 0 Å². The lowest BCUT2D eigenvalue weighted by Gasteiger charge is -2.13. The number of carbonyl (C=O) groups excluding carboxylic acids is 1. The number of carbonyl (C=O) groups is 1. The summed E-state index contributed by atoms with van der Waals surface area (Å²) in [7, 11) is 1.53. The molecule has 0 bridgehead atoms. The number of nitrogens with one attached hydrogen (secondary N) is 1. The summed E-state index contributed by atoms with van der Waals surface area (Å²) in [6.07, 6.45) is -0.0178. The Morgan fingerprint density at radius 3 is 2.53 bits per heavy atom. The number of rotatable bonds is 6. The molecule has 1 heterocycles. The van der Waals surface area contributed by atoms with Gasteiger partial charge in [0.1, 0.15) is 10.8 Å². The van der Waals surface area contributed by atoms with E-state index in [4.69, 9.17) is 15.4 Å². The molecule has 5 nitrogen and oxygen atoms in total. The number of hydrogen-bond donors (Lipinski definition) is 1. The highest BCUT2D eigenvalue weighted by molar-refractivity contribution is 8.15. The molecule has 1 atom stereocenters. The van der Waals surface area contributed by atoms with Crippen molar-refractivity contribution in [3.05, 3.63) is 17.0 Å². The van der Waals surface area contributed by atoms with Crippen molar-refractivity contribution in [3.63, 3.8) is 0 Å². The van der Waals surface area contributed by atoms with E-state index in [1.807, 2.05) is 13.8 Å². The van der Waals surface area contributed by atoms with Crippen LogP contribution in [0.25, 0.3) is 0 Å². The third-order valence-corrected chi connectivity index (χ3v) is 5.56. The molecule has 1 aromatic rings. The summed E-state index contributed by atoms with van der Waals surface area (Å²) in [6, 6.07) is 2.77. The zero-order chi connectivity index (χ0) is 14.6. The van der Waals surface area contributed by atoms with Gasteiger partial charge in [0, 0.05) is 15.6 Å². The maximum Gasteiger partial charge on any atom is 0.270 e. The number of thiophene rings is 1. The second-order valence-corrected chi connectivity index (χ2v) is 8.15. The molecule has 8 heteroatoms. The molecule has 0 aromatic carbocycles. The van der Waals surface area contributed by atoms with Gasteiger partial charge in [-0.1, -0.05) is 0 Å². The van der Waals surface area contributed by atoms with Crippen LogP contribution in [-0.4, -0.2) is 27.0 Å². The van der Waals surface area contributed by atoms with Crippen molar-refractivity contribution in [2.24, 2.45) is 0 Å². The van der Waals surface area contributed by atoms with Crippen LogP contribution in [0.3, 0.4) is 0 Å². The van der Waals surface area contributed by atoms with E-state index in [-0.39, 0.29) is 28.9 Å². The minimum Gasteiger partial charge on any atom is -0.369 e. The highest BCUT2D eigenvalue weighted by atomic mass is 35.7. The first kappa shape index (κ1) is 16.4. The van der Waals surface area contributed by atoms with Gasteiger partial charge in [-0.3, -0.25) is 4.79 Å². The largest absolute Gasteiger partial charge is 0.369 e. The van der Waals surface area contributed by atoms with Crippen LogP contribution in [0.2, 0.25) is 0 Å². The normalized spacial score (nSPS) is 13.5. The van der Waals surface area contributed by atoms with Gasteiger partial charge in [0.15, 0.2) is 0 Å². The highest BCUT2D eigenvalue weighted by Crippen LogP contribution is 2.28. The average Bonchev–Trinajstić information content (AvgIpc) is 2.75. The molecule has 1 amide bonds. The maximum absolute atomic E-state index is 11.6. The SMILES string of the molecule is CC(C)OCC(=O)NC(C)c1ccc(S(=O)(=O)Cl)s1. The molecule has 19 heavy (non-hydrogen) atoms. The molecular formula is C11H16ClNO4S2. The molecule has 1 N–H and O–H groups in total. The quantitative estimate of drug-likeness (QED) is 0.814. The summed E-state index contributed by atoms with van der Waals surface area (Å²) in [5, 5.41) is 2.72. The fourth-order valence-corrected chi connectivity index (χ4v) is 3.39. The van der Waals surface area contributed by atoms with E-state index >= 15 is 0 Å². The molecule has 0 radical (unpaired) electrons. The van der Waals surface area contributed by atoms with Gasteiger partial charge in [-0.05, 0) is 32.9 Å². The van der Waals surface area contributed by atoms with E-state index in [9.17, 15) is 13.2 Å². The molecule has 108 valence electrons. The van der Waals surface area contributed by atoms with E-state index in [1.165, 1.54) is 6.07 Å². The topological polar surface area (TPSA) is 72.5 Å². The summed E-state index contributed by atoms with van der Waals surface area (Å²) in [6.45, 7) is 5.43.